The van der Waals surface area contributed by atoms with E-state index in [2.05, 4.69) is 42.5 Å². The topological polar surface area (TPSA) is 122 Å². The minimum Gasteiger partial charge on any atom is -0.480 e. The minimum atomic E-state index is -1.14. The van der Waals surface area contributed by atoms with Gasteiger partial charge in [-0.1, -0.05) is 106 Å². The van der Waals surface area contributed by atoms with Gasteiger partial charge in [-0.25, -0.2) is 9.59 Å². The Labute approximate surface area is 228 Å². The Kier molecular flexibility index (Phi) is 15.4. The zero-order valence-electron chi connectivity index (χ0n) is 20.3. The number of alkyl carbamates (subject to hydrolysis) is 1. The molecule has 2 amide bonds. The maximum absolute atomic E-state index is 12.7. The third-order valence-electron chi connectivity index (χ3n) is 4.72. The van der Waals surface area contributed by atoms with Crippen LogP contribution in [-0.4, -0.2) is 51.6 Å². The largest absolute Gasteiger partial charge is 0.480 e. The van der Waals surface area contributed by atoms with Crippen LogP contribution in [0.25, 0.3) is 0 Å². The Morgan fingerprint density at radius 3 is 1.81 bits per heavy atom. The average Bonchev–Trinajstić information content (AvgIpc) is 2.87. The van der Waals surface area contributed by atoms with E-state index in [0.29, 0.717) is 17.1 Å². The van der Waals surface area contributed by atoms with Gasteiger partial charge in [0.05, 0.1) is 10.7 Å². The number of carbonyl (C=O) groups is 4. The zero-order chi connectivity index (χ0) is 26.9. The van der Waals surface area contributed by atoms with E-state index >= 15 is 0 Å². The Morgan fingerprint density at radius 1 is 0.833 bits per heavy atom. The van der Waals surface area contributed by atoms with Crippen LogP contribution in [0.15, 0.2) is 60.7 Å². The number of hydrogen-bond acceptors (Lipinski definition) is 5. The third-order valence-corrected chi connectivity index (χ3v) is 5.97. The summed E-state index contributed by atoms with van der Waals surface area (Å²) >= 11 is 5.99. The molecule has 36 heavy (non-hydrogen) atoms. The van der Waals surface area contributed by atoms with Crippen molar-refractivity contribution in [3.05, 3.63) is 71.8 Å². The first-order valence-electron chi connectivity index (χ1n) is 11.3. The van der Waals surface area contributed by atoms with Crippen LogP contribution in [0.1, 0.15) is 31.4 Å². The molecule has 0 fully saturated rings. The lowest BCUT2D eigenvalue weighted by atomic mass is 10.0. The van der Waals surface area contributed by atoms with E-state index in [0.717, 1.165) is 11.1 Å². The maximum Gasteiger partial charge on any atom is 0.408 e. The predicted molar refractivity (Wildman–Crippen MR) is 145 cm³/mol. The number of alkyl halides is 2. The molecule has 2 aromatic rings. The molecule has 0 aliphatic heterocycles. The van der Waals surface area contributed by atoms with Crippen molar-refractivity contribution in [3.8, 4) is 0 Å². The molecule has 0 spiro atoms. The van der Waals surface area contributed by atoms with E-state index < -0.39 is 30.1 Å². The van der Waals surface area contributed by atoms with Crippen molar-refractivity contribution in [3.63, 3.8) is 0 Å². The second kappa shape index (κ2) is 17.7. The molecule has 0 heterocycles. The molecule has 0 saturated heterocycles. The summed E-state index contributed by atoms with van der Waals surface area (Å²) < 4.78 is 5.19. The normalized spacial score (nSPS) is 11.9. The van der Waals surface area contributed by atoms with Gasteiger partial charge in [0.1, 0.15) is 18.7 Å². The van der Waals surface area contributed by atoms with Crippen molar-refractivity contribution in [2.24, 2.45) is 5.92 Å². The highest BCUT2D eigenvalue weighted by atomic mass is 79.9. The van der Waals surface area contributed by atoms with E-state index in [9.17, 15) is 24.3 Å². The van der Waals surface area contributed by atoms with Crippen molar-refractivity contribution in [2.75, 3.05) is 10.7 Å². The standard InChI is InChI=1S/C23H28N2O5.C3H4Br2O/c1-16(2)13-19(25-23(29)30-15-18-11-7-4-8-12-18)21(26)24-20(22(27)28)14-17-9-5-3-6-10-17;4-1-3(6)2-5/h3-12,16,19-20H,13-15H2,1-2H3,(H,24,26)(H,25,29)(H,27,28);1-2H2/t19-,20-;/m0./s1. The van der Waals surface area contributed by atoms with E-state index in [-0.39, 0.29) is 24.7 Å². The second-order valence-corrected chi connectivity index (χ2v) is 9.40. The van der Waals surface area contributed by atoms with Crippen molar-refractivity contribution >= 4 is 55.6 Å². The molecular weight excluding hydrogens is 596 g/mol. The number of benzene rings is 2. The van der Waals surface area contributed by atoms with Crippen LogP contribution in [0.3, 0.4) is 0 Å². The summed E-state index contributed by atoms with van der Waals surface area (Å²) in [7, 11) is 0. The molecule has 0 aromatic heterocycles. The molecular formula is C26H32Br2N2O6. The summed E-state index contributed by atoms with van der Waals surface area (Å²) in [5.74, 6) is -1.41. The number of amides is 2. The summed E-state index contributed by atoms with van der Waals surface area (Å²) in [5, 5.41) is 15.5. The number of carbonyl (C=O) groups excluding carboxylic acids is 3. The van der Waals surface area contributed by atoms with Gasteiger partial charge in [-0.2, -0.15) is 0 Å². The number of carboxylic acid groups (broad SMARTS) is 1. The summed E-state index contributed by atoms with van der Waals surface area (Å²) in [6.07, 6.45) is -0.229. The van der Waals surface area contributed by atoms with Gasteiger partial charge in [0.2, 0.25) is 5.91 Å². The van der Waals surface area contributed by atoms with Crippen molar-refractivity contribution in [1.29, 1.82) is 0 Å². The maximum atomic E-state index is 12.7. The fourth-order valence-electron chi connectivity index (χ4n) is 2.97. The fourth-order valence-corrected chi connectivity index (χ4v) is 3.90. The number of aliphatic carboxylic acids is 1. The fraction of sp³-hybridized carbons (Fsp3) is 0.385. The highest BCUT2D eigenvalue weighted by molar-refractivity contribution is 9.10. The number of rotatable bonds is 12. The van der Waals surface area contributed by atoms with Crippen LogP contribution >= 0.6 is 31.9 Å². The lowest BCUT2D eigenvalue weighted by molar-refractivity contribution is -0.142. The van der Waals surface area contributed by atoms with Crippen LogP contribution in [0.5, 0.6) is 0 Å². The first-order chi connectivity index (χ1) is 17.2. The van der Waals surface area contributed by atoms with Gasteiger partial charge in [0.15, 0.2) is 5.78 Å². The van der Waals surface area contributed by atoms with Crippen LogP contribution in [0.4, 0.5) is 4.79 Å². The molecule has 0 aliphatic rings. The molecule has 0 bridgehead atoms. The summed E-state index contributed by atoms with van der Waals surface area (Å²) in [6, 6.07) is 16.2. The van der Waals surface area contributed by atoms with Gasteiger partial charge in [0, 0.05) is 6.42 Å². The SMILES string of the molecule is CC(C)C[C@H](NC(=O)OCc1ccccc1)C(=O)N[C@@H](Cc1ccccc1)C(=O)O.O=C(CBr)CBr. The quantitative estimate of drug-likeness (QED) is 0.298. The molecule has 8 nitrogen and oxygen atoms in total. The lowest BCUT2D eigenvalue weighted by Crippen LogP contribution is -2.52. The number of Topliss-reactive ketones (excluding diaryl/α,β-unsaturated/α-hetero) is 1. The summed E-state index contributed by atoms with van der Waals surface area (Å²) in [6.45, 7) is 3.90. The second-order valence-electron chi connectivity index (χ2n) is 8.28. The van der Waals surface area contributed by atoms with Crippen LogP contribution in [0, 0.1) is 5.92 Å². The molecule has 0 radical (unpaired) electrons. The Balaban J connectivity index is 0.000000960. The average molecular weight is 628 g/mol. The molecule has 3 N–H and O–H groups in total. The Morgan fingerprint density at radius 2 is 1.36 bits per heavy atom. The van der Waals surface area contributed by atoms with Crippen molar-refractivity contribution < 1.29 is 29.0 Å². The van der Waals surface area contributed by atoms with Crippen LogP contribution in [0.2, 0.25) is 0 Å². The van der Waals surface area contributed by atoms with E-state index in [4.69, 9.17) is 4.74 Å². The minimum absolute atomic E-state index is 0.0778. The first kappa shape index (κ1) is 31.3. The number of ketones is 1. The monoisotopic (exact) mass is 626 g/mol. The third kappa shape index (κ3) is 13.4. The Hall–Kier alpha value is -2.72. The molecule has 196 valence electrons. The van der Waals surface area contributed by atoms with Gasteiger partial charge in [-0.3, -0.25) is 9.59 Å². The Bertz CT molecular complexity index is 951. The highest BCUT2D eigenvalue weighted by Gasteiger charge is 2.27. The zero-order valence-corrected chi connectivity index (χ0v) is 23.5. The molecule has 2 aromatic carbocycles. The van der Waals surface area contributed by atoms with Gasteiger partial charge in [-0.15, -0.1) is 0 Å². The smallest absolute Gasteiger partial charge is 0.408 e. The number of hydrogen-bond donors (Lipinski definition) is 3. The summed E-state index contributed by atoms with van der Waals surface area (Å²) in [4.78, 5) is 46.7. The van der Waals surface area contributed by atoms with Crippen LogP contribution < -0.4 is 10.6 Å². The number of halogens is 2. The molecule has 0 unspecified atom stereocenters. The van der Waals surface area contributed by atoms with E-state index in [1.165, 1.54) is 0 Å². The van der Waals surface area contributed by atoms with Gasteiger partial charge < -0.3 is 20.5 Å². The van der Waals surface area contributed by atoms with E-state index in [1.807, 2.05) is 62.4 Å². The van der Waals surface area contributed by atoms with Crippen molar-refractivity contribution in [2.45, 2.75) is 45.4 Å². The lowest BCUT2D eigenvalue weighted by Gasteiger charge is -2.22. The van der Waals surface area contributed by atoms with Gasteiger partial charge in [-0.05, 0) is 23.5 Å². The highest BCUT2D eigenvalue weighted by Crippen LogP contribution is 2.09. The number of ether oxygens (including phenoxy) is 1. The van der Waals surface area contributed by atoms with E-state index in [1.54, 1.807) is 12.1 Å². The molecule has 0 saturated carbocycles. The first-order valence-corrected chi connectivity index (χ1v) is 13.6. The van der Waals surface area contributed by atoms with Crippen LogP contribution in [-0.2, 0) is 32.1 Å². The van der Waals surface area contributed by atoms with Gasteiger partial charge in [0.25, 0.3) is 0 Å². The summed E-state index contributed by atoms with van der Waals surface area (Å²) in [5.41, 5.74) is 1.62. The molecule has 10 heteroatoms. The molecule has 0 aliphatic carbocycles. The molecule has 2 atom stereocenters. The molecule has 2 rings (SSSR count). The number of nitrogens with one attached hydrogen (secondary N) is 2. The number of carboxylic acids is 1. The van der Waals surface area contributed by atoms with Gasteiger partial charge >= 0.3 is 12.1 Å². The van der Waals surface area contributed by atoms with Crippen molar-refractivity contribution in [1.82, 2.24) is 10.6 Å². The predicted octanol–water partition coefficient (Wildman–Crippen LogP) is 4.48.